The molecule has 2 aromatic rings. The van der Waals surface area contributed by atoms with Crippen molar-refractivity contribution in [3.05, 3.63) is 44.6 Å². The number of halogens is 2. The third-order valence-electron chi connectivity index (χ3n) is 2.86. The lowest BCUT2D eigenvalue weighted by Gasteiger charge is -2.10. The Hall–Kier alpha value is -1.14. The number of carbonyl (C=O) groups is 1. The molecular formula is C14H14Br2N2O2. The van der Waals surface area contributed by atoms with E-state index in [1.807, 2.05) is 24.3 Å². The van der Waals surface area contributed by atoms with Crippen LogP contribution in [0.2, 0.25) is 0 Å². The summed E-state index contributed by atoms with van der Waals surface area (Å²) in [5.74, 6) is -0.242. The minimum absolute atomic E-state index is 0.207. The van der Waals surface area contributed by atoms with E-state index in [0.29, 0.717) is 10.2 Å². The molecule has 2 rings (SSSR count). The molecule has 0 unspecified atom stereocenters. The fourth-order valence-corrected chi connectivity index (χ4v) is 3.05. The van der Waals surface area contributed by atoms with Gasteiger partial charge in [0, 0.05) is 4.47 Å². The van der Waals surface area contributed by atoms with Crippen molar-refractivity contribution in [2.45, 2.75) is 19.8 Å². The van der Waals surface area contributed by atoms with Crippen molar-refractivity contribution in [2.24, 2.45) is 0 Å². The van der Waals surface area contributed by atoms with Crippen LogP contribution in [0.3, 0.4) is 0 Å². The molecule has 0 aliphatic heterocycles. The number of methoxy groups -OCH3 is 1. The van der Waals surface area contributed by atoms with Crippen LogP contribution in [0, 0.1) is 0 Å². The van der Waals surface area contributed by atoms with Gasteiger partial charge in [-0.3, -0.25) is 0 Å². The highest BCUT2D eigenvalue weighted by Gasteiger charge is 2.24. The van der Waals surface area contributed by atoms with Crippen molar-refractivity contribution in [2.75, 3.05) is 7.11 Å². The number of hydrogen-bond donors (Lipinski definition) is 0. The van der Waals surface area contributed by atoms with Gasteiger partial charge in [0.25, 0.3) is 0 Å². The highest BCUT2D eigenvalue weighted by atomic mass is 79.9. The van der Waals surface area contributed by atoms with Gasteiger partial charge >= 0.3 is 5.97 Å². The smallest absolute Gasteiger partial charge is 0.359 e. The number of aromatic nitrogens is 2. The van der Waals surface area contributed by atoms with Gasteiger partial charge in [0.15, 0.2) is 5.69 Å². The first-order valence-electron chi connectivity index (χ1n) is 6.08. The molecule has 0 fully saturated rings. The van der Waals surface area contributed by atoms with Crippen LogP contribution in [0.25, 0.3) is 5.69 Å². The van der Waals surface area contributed by atoms with Crippen LogP contribution in [-0.2, 0) is 4.74 Å². The number of rotatable bonds is 3. The Labute approximate surface area is 134 Å². The zero-order valence-corrected chi connectivity index (χ0v) is 14.5. The molecule has 0 N–H and O–H groups in total. The highest BCUT2D eigenvalue weighted by molar-refractivity contribution is 9.10. The Kier molecular flexibility index (Phi) is 4.65. The van der Waals surface area contributed by atoms with Crippen LogP contribution in [0.5, 0.6) is 0 Å². The third-order valence-corrected chi connectivity index (χ3v) is 4.17. The summed E-state index contributed by atoms with van der Waals surface area (Å²) in [4.78, 5) is 11.8. The Morgan fingerprint density at radius 1 is 1.25 bits per heavy atom. The fraction of sp³-hybridized carbons (Fsp3) is 0.286. The number of benzene rings is 1. The van der Waals surface area contributed by atoms with E-state index in [1.165, 1.54) is 7.11 Å². The number of nitrogens with zero attached hydrogens (tertiary/aromatic N) is 2. The lowest BCUT2D eigenvalue weighted by atomic mass is 10.1. The molecule has 20 heavy (non-hydrogen) atoms. The lowest BCUT2D eigenvalue weighted by Crippen LogP contribution is -2.05. The number of ether oxygens (including phenoxy) is 1. The summed E-state index contributed by atoms with van der Waals surface area (Å²) < 4.78 is 8.21. The molecule has 0 saturated carbocycles. The summed E-state index contributed by atoms with van der Waals surface area (Å²) in [7, 11) is 1.35. The van der Waals surface area contributed by atoms with Crippen LogP contribution in [-0.4, -0.2) is 22.9 Å². The quantitative estimate of drug-likeness (QED) is 0.720. The number of hydrogen-bond acceptors (Lipinski definition) is 3. The van der Waals surface area contributed by atoms with Crippen molar-refractivity contribution >= 4 is 37.8 Å². The molecule has 1 aromatic carbocycles. The maximum absolute atomic E-state index is 11.8. The van der Waals surface area contributed by atoms with Gasteiger partial charge in [-0.25, -0.2) is 9.48 Å². The van der Waals surface area contributed by atoms with E-state index in [0.717, 1.165) is 15.9 Å². The molecule has 0 atom stereocenters. The van der Waals surface area contributed by atoms with E-state index in [2.05, 4.69) is 50.8 Å². The summed E-state index contributed by atoms with van der Waals surface area (Å²) >= 11 is 6.87. The summed E-state index contributed by atoms with van der Waals surface area (Å²) in [6.07, 6.45) is 0. The van der Waals surface area contributed by atoms with E-state index in [1.54, 1.807) is 4.68 Å². The average molecular weight is 402 g/mol. The van der Waals surface area contributed by atoms with E-state index in [9.17, 15) is 4.79 Å². The topological polar surface area (TPSA) is 44.1 Å². The Morgan fingerprint density at radius 3 is 2.35 bits per heavy atom. The minimum atomic E-state index is -0.449. The van der Waals surface area contributed by atoms with Crippen LogP contribution in [0.15, 0.2) is 33.2 Å². The highest BCUT2D eigenvalue weighted by Crippen LogP contribution is 2.31. The van der Waals surface area contributed by atoms with Gasteiger partial charge in [-0.1, -0.05) is 29.8 Å². The molecule has 4 nitrogen and oxygen atoms in total. The molecular weight excluding hydrogens is 388 g/mol. The first-order valence-corrected chi connectivity index (χ1v) is 7.67. The molecule has 1 heterocycles. The molecule has 106 valence electrons. The van der Waals surface area contributed by atoms with Crippen molar-refractivity contribution in [1.29, 1.82) is 0 Å². The van der Waals surface area contributed by atoms with Crippen LogP contribution >= 0.6 is 31.9 Å². The SMILES string of the molecule is COC(=O)c1nn(-c2ccc(Br)cc2)c(C(C)C)c1Br. The van der Waals surface area contributed by atoms with Crippen molar-refractivity contribution in [3.63, 3.8) is 0 Å². The molecule has 0 bridgehead atoms. The average Bonchev–Trinajstić information content (AvgIpc) is 2.76. The van der Waals surface area contributed by atoms with Crippen LogP contribution in [0.1, 0.15) is 35.9 Å². The second kappa shape index (κ2) is 6.10. The Bertz CT molecular complexity index is 633. The molecule has 0 saturated heterocycles. The lowest BCUT2D eigenvalue weighted by molar-refractivity contribution is 0.0592. The predicted molar refractivity (Wildman–Crippen MR) is 84.4 cm³/mol. The standard InChI is InChI=1S/C14H14Br2N2O2/c1-8(2)13-11(16)12(14(19)20-3)17-18(13)10-6-4-9(15)5-7-10/h4-8H,1-3H3. The van der Waals surface area contributed by atoms with Gasteiger partial charge in [0.1, 0.15) is 0 Å². The van der Waals surface area contributed by atoms with Crippen LogP contribution in [0.4, 0.5) is 0 Å². The Balaban J connectivity index is 2.62. The monoisotopic (exact) mass is 400 g/mol. The second-order valence-corrected chi connectivity index (χ2v) is 6.29. The van der Waals surface area contributed by atoms with Gasteiger partial charge in [0.2, 0.25) is 0 Å². The second-order valence-electron chi connectivity index (χ2n) is 4.58. The molecule has 6 heteroatoms. The maximum Gasteiger partial charge on any atom is 0.359 e. The normalized spacial score (nSPS) is 10.9. The van der Waals surface area contributed by atoms with Gasteiger partial charge in [-0.2, -0.15) is 5.10 Å². The van der Waals surface area contributed by atoms with E-state index < -0.39 is 5.97 Å². The molecule has 1 aromatic heterocycles. The van der Waals surface area contributed by atoms with E-state index in [-0.39, 0.29) is 5.92 Å². The Morgan fingerprint density at radius 2 is 1.85 bits per heavy atom. The van der Waals surface area contributed by atoms with Gasteiger partial charge in [-0.15, -0.1) is 0 Å². The van der Waals surface area contributed by atoms with Crippen molar-refractivity contribution in [1.82, 2.24) is 9.78 Å². The largest absolute Gasteiger partial charge is 0.464 e. The summed E-state index contributed by atoms with van der Waals surface area (Å²) in [5, 5.41) is 4.38. The molecule has 0 amide bonds. The predicted octanol–water partition coefficient (Wildman–Crippen LogP) is 4.31. The summed E-state index contributed by atoms with van der Waals surface area (Å²) in [5.41, 5.74) is 2.12. The maximum atomic E-state index is 11.8. The summed E-state index contributed by atoms with van der Waals surface area (Å²) in [6.45, 7) is 4.11. The third kappa shape index (κ3) is 2.81. The van der Waals surface area contributed by atoms with Crippen molar-refractivity contribution in [3.8, 4) is 5.69 Å². The fourth-order valence-electron chi connectivity index (χ4n) is 1.92. The zero-order chi connectivity index (χ0) is 14.9. The zero-order valence-electron chi connectivity index (χ0n) is 11.4. The molecule has 0 radical (unpaired) electrons. The summed E-state index contributed by atoms with van der Waals surface area (Å²) in [6, 6.07) is 7.76. The van der Waals surface area contributed by atoms with E-state index >= 15 is 0 Å². The minimum Gasteiger partial charge on any atom is -0.464 e. The van der Waals surface area contributed by atoms with Crippen molar-refractivity contribution < 1.29 is 9.53 Å². The number of esters is 1. The van der Waals surface area contributed by atoms with Gasteiger partial charge in [0.05, 0.1) is 23.0 Å². The molecule has 0 spiro atoms. The first kappa shape index (κ1) is 15.3. The van der Waals surface area contributed by atoms with Crippen LogP contribution < -0.4 is 0 Å². The van der Waals surface area contributed by atoms with E-state index in [4.69, 9.17) is 4.74 Å². The first-order chi connectivity index (χ1) is 9.45. The van der Waals surface area contributed by atoms with Gasteiger partial charge in [-0.05, 0) is 46.1 Å². The number of carbonyl (C=O) groups excluding carboxylic acids is 1. The molecule has 0 aliphatic rings. The van der Waals surface area contributed by atoms with Gasteiger partial charge < -0.3 is 4.74 Å². The molecule has 0 aliphatic carbocycles.